The van der Waals surface area contributed by atoms with Crippen molar-refractivity contribution < 1.29 is 14.3 Å². The van der Waals surface area contributed by atoms with Crippen LogP contribution >= 0.6 is 0 Å². The summed E-state index contributed by atoms with van der Waals surface area (Å²) in [5.74, 6) is 0.429. The second kappa shape index (κ2) is 11.4. The molecule has 0 aromatic heterocycles. The minimum atomic E-state index is -0.407. The highest BCUT2D eigenvalue weighted by atomic mass is 16.5. The molecule has 1 aliphatic rings. The van der Waals surface area contributed by atoms with Crippen molar-refractivity contribution in [3.05, 3.63) is 83.9 Å². The molecule has 35 heavy (non-hydrogen) atoms. The average molecular weight is 473 g/mol. The fraction of sp³-hybridized carbons (Fsp3) is 0.286. The normalized spacial score (nSPS) is 13.7. The number of para-hydroxylation sites is 2. The standard InChI is InChI=1S/C28H32N4O3/c1-3-35-26-14-8-7-13-24(26)31-28(34)30-22-15-16-25(32-17-9-10-18-32)23(19-22)27(33)29-20(2)21-11-5-4-6-12-21/h4-8,11-16,19-20H,3,9-10,17-18H2,1-2H3,(H,29,33)(H2,30,31,34). The number of amides is 3. The summed E-state index contributed by atoms with van der Waals surface area (Å²) >= 11 is 0. The molecule has 3 amide bonds. The van der Waals surface area contributed by atoms with Gasteiger partial charge in [0, 0.05) is 24.5 Å². The van der Waals surface area contributed by atoms with Crippen LogP contribution in [0.25, 0.3) is 0 Å². The van der Waals surface area contributed by atoms with E-state index in [9.17, 15) is 9.59 Å². The van der Waals surface area contributed by atoms with E-state index in [2.05, 4.69) is 20.9 Å². The van der Waals surface area contributed by atoms with Crippen molar-refractivity contribution in [1.82, 2.24) is 5.32 Å². The minimum Gasteiger partial charge on any atom is -0.492 e. The quantitative estimate of drug-likeness (QED) is 0.386. The number of carbonyl (C=O) groups is 2. The lowest BCUT2D eigenvalue weighted by atomic mass is 10.1. The van der Waals surface area contributed by atoms with Gasteiger partial charge in [0.1, 0.15) is 5.75 Å². The molecule has 3 aromatic carbocycles. The van der Waals surface area contributed by atoms with Gasteiger partial charge in [-0.15, -0.1) is 0 Å². The zero-order valence-corrected chi connectivity index (χ0v) is 20.2. The van der Waals surface area contributed by atoms with Gasteiger partial charge in [-0.25, -0.2) is 4.79 Å². The molecule has 1 atom stereocenters. The molecule has 0 radical (unpaired) electrons. The highest BCUT2D eigenvalue weighted by molar-refractivity contribution is 6.04. The number of anilines is 3. The number of benzene rings is 3. The molecule has 7 nitrogen and oxygen atoms in total. The predicted molar refractivity (Wildman–Crippen MR) is 140 cm³/mol. The van der Waals surface area contributed by atoms with Gasteiger partial charge < -0.3 is 25.6 Å². The Bertz CT molecular complexity index is 1160. The predicted octanol–water partition coefficient (Wildman–Crippen LogP) is 5.82. The van der Waals surface area contributed by atoms with Crippen molar-refractivity contribution >= 4 is 29.0 Å². The fourth-order valence-corrected chi connectivity index (χ4v) is 4.26. The molecule has 3 aromatic rings. The van der Waals surface area contributed by atoms with Gasteiger partial charge in [-0.1, -0.05) is 42.5 Å². The molecule has 1 heterocycles. The van der Waals surface area contributed by atoms with Crippen LogP contribution in [0.5, 0.6) is 5.75 Å². The Kier molecular flexibility index (Phi) is 7.88. The largest absolute Gasteiger partial charge is 0.492 e. The van der Waals surface area contributed by atoms with Crippen LogP contribution in [0.1, 0.15) is 48.7 Å². The average Bonchev–Trinajstić information content (AvgIpc) is 3.41. The molecular weight excluding hydrogens is 440 g/mol. The van der Waals surface area contributed by atoms with Crippen molar-refractivity contribution in [3.63, 3.8) is 0 Å². The van der Waals surface area contributed by atoms with Gasteiger partial charge in [-0.05, 0) is 62.6 Å². The maximum Gasteiger partial charge on any atom is 0.323 e. The maximum absolute atomic E-state index is 13.4. The second-order valence-electron chi connectivity index (χ2n) is 8.54. The fourth-order valence-electron chi connectivity index (χ4n) is 4.26. The molecule has 4 rings (SSSR count). The highest BCUT2D eigenvalue weighted by Gasteiger charge is 2.22. The molecule has 3 N–H and O–H groups in total. The van der Waals surface area contributed by atoms with Gasteiger partial charge >= 0.3 is 6.03 Å². The van der Waals surface area contributed by atoms with E-state index in [-0.39, 0.29) is 11.9 Å². The first kappa shape index (κ1) is 24.1. The molecule has 1 fully saturated rings. The number of nitrogens with one attached hydrogen (secondary N) is 3. The van der Waals surface area contributed by atoms with Crippen LogP contribution in [0.2, 0.25) is 0 Å². The van der Waals surface area contributed by atoms with E-state index in [0.29, 0.717) is 29.3 Å². The number of nitrogens with zero attached hydrogens (tertiary/aromatic N) is 1. The molecule has 0 saturated carbocycles. The Morgan fingerprint density at radius 3 is 2.40 bits per heavy atom. The molecule has 1 saturated heterocycles. The van der Waals surface area contributed by atoms with Crippen LogP contribution in [0.3, 0.4) is 0 Å². The summed E-state index contributed by atoms with van der Waals surface area (Å²) < 4.78 is 5.58. The summed E-state index contributed by atoms with van der Waals surface area (Å²) in [7, 11) is 0. The maximum atomic E-state index is 13.4. The number of ether oxygens (including phenoxy) is 1. The molecule has 0 bridgehead atoms. The van der Waals surface area contributed by atoms with Gasteiger partial charge in [0.15, 0.2) is 0 Å². The van der Waals surface area contributed by atoms with Gasteiger partial charge in [0.05, 0.1) is 23.9 Å². The Balaban J connectivity index is 1.53. The van der Waals surface area contributed by atoms with E-state index >= 15 is 0 Å². The van der Waals surface area contributed by atoms with E-state index < -0.39 is 6.03 Å². The third-order valence-corrected chi connectivity index (χ3v) is 6.03. The van der Waals surface area contributed by atoms with Crippen LogP contribution in [-0.4, -0.2) is 31.6 Å². The van der Waals surface area contributed by atoms with Crippen molar-refractivity contribution in [2.24, 2.45) is 0 Å². The summed E-state index contributed by atoms with van der Waals surface area (Å²) in [6.07, 6.45) is 2.20. The van der Waals surface area contributed by atoms with Crippen LogP contribution in [0.4, 0.5) is 21.9 Å². The lowest BCUT2D eigenvalue weighted by molar-refractivity contribution is 0.0940. The van der Waals surface area contributed by atoms with Crippen molar-refractivity contribution in [2.45, 2.75) is 32.7 Å². The highest BCUT2D eigenvalue weighted by Crippen LogP contribution is 2.29. The van der Waals surface area contributed by atoms with E-state index in [1.165, 1.54) is 0 Å². The SMILES string of the molecule is CCOc1ccccc1NC(=O)Nc1ccc(N2CCCC2)c(C(=O)NC(C)c2ccccc2)c1. The van der Waals surface area contributed by atoms with Crippen LogP contribution in [0, 0.1) is 0 Å². The first-order valence-electron chi connectivity index (χ1n) is 12.1. The number of urea groups is 1. The number of rotatable bonds is 8. The Morgan fingerprint density at radius 1 is 0.943 bits per heavy atom. The summed E-state index contributed by atoms with van der Waals surface area (Å²) in [5, 5.41) is 8.79. The third kappa shape index (κ3) is 6.12. The zero-order chi connectivity index (χ0) is 24.6. The third-order valence-electron chi connectivity index (χ3n) is 6.03. The van der Waals surface area contributed by atoms with Crippen LogP contribution < -0.4 is 25.6 Å². The van der Waals surface area contributed by atoms with E-state index in [1.54, 1.807) is 18.2 Å². The van der Waals surface area contributed by atoms with E-state index in [0.717, 1.165) is 37.2 Å². The van der Waals surface area contributed by atoms with Crippen LogP contribution in [-0.2, 0) is 0 Å². The smallest absolute Gasteiger partial charge is 0.323 e. The first-order valence-corrected chi connectivity index (χ1v) is 12.1. The second-order valence-corrected chi connectivity index (χ2v) is 8.54. The van der Waals surface area contributed by atoms with Gasteiger partial charge in [0.2, 0.25) is 0 Å². The molecule has 182 valence electrons. The topological polar surface area (TPSA) is 82.7 Å². The van der Waals surface area contributed by atoms with Gasteiger partial charge in [-0.2, -0.15) is 0 Å². The molecule has 7 heteroatoms. The number of hydrogen-bond acceptors (Lipinski definition) is 4. The van der Waals surface area contributed by atoms with Crippen molar-refractivity contribution in [3.8, 4) is 5.75 Å². The Morgan fingerprint density at radius 2 is 1.66 bits per heavy atom. The lowest BCUT2D eigenvalue weighted by Crippen LogP contribution is -2.30. The minimum absolute atomic E-state index is 0.148. The first-order chi connectivity index (χ1) is 17.0. The Hall–Kier alpha value is -4.00. The van der Waals surface area contributed by atoms with E-state index in [4.69, 9.17) is 4.74 Å². The molecule has 0 spiro atoms. The van der Waals surface area contributed by atoms with Crippen molar-refractivity contribution in [2.75, 3.05) is 35.2 Å². The van der Waals surface area contributed by atoms with Gasteiger partial charge in [-0.3, -0.25) is 4.79 Å². The number of hydrogen-bond donors (Lipinski definition) is 3. The Labute approximate surface area is 206 Å². The van der Waals surface area contributed by atoms with E-state index in [1.807, 2.05) is 68.4 Å². The summed E-state index contributed by atoms with van der Waals surface area (Å²) in [6, 6.07) is 22.1. The monoisotopic (exact) mass is 472 g/mol. The summed E-state index contributed by atoms with van der Waals surface area (Å²) in [6.45, 7) is 6.18. The molecule has 1 unspecified atom stereocenters. The lowest BCUT2D eigenvalue weighted by Gasteiger charge is -2.23. The van der Waals surface area contributed by atoms with Gasteiger partial charge in [0.25, 0.3) is 5.91 Å². The zero-order valence-electron chi connectivity index (χ0n) is 20.2. The number of carbonyl (C=O) groups excluding carboxylic acids is 2. The molecule has 0 aliphatic carbocycles. The summed E-state index contributed by atoms with van der Waals surface area (Å²) in [5.41, 5.74) is 3.58. The van der Waals surface area contributed by atoms with Crippen molar-refractivity contribution in [1.29, 1.82) is 0 Å². The van der Waals surface area contributed by atoms with Crippen LogP contribution in [0.15, 0.2) is 72.8 Å². The summed E-state index contributed by atoms with van der Waals surface area (Å²) in [4.78, 5) is 28.3. The molecular formula is C28H32N4O3. The molecule has 1 aliphatic heterocycles.